The number of fused-ring (bicyclic) bond motifs is 1. The third-order valence-corrected chi connectivity index (χ3v) is 9.21. The van der Waals surface area contributed by atoms with E-state index in [9.17, 15) is 24.3 Å². The normalized spacial score (nSPS) is 13.9. The Morgan fingerprint density at radius 2 is 1.40 bits per heavy atom. The summed E-state index contributed by atoms with van der Waals surface area (Å²) in [5.41, 5.74) is 2.93. The van der Waals surface area contributed by atoms with Crippen LogP contribution in [0.5, 0.6) is 0 Å². The van der Waals surface area contributed by atoms with E-state index in [2.05, 4.69) is 31.2 Å². The Morgan fingerprint density at radius 1 is 0.755 bits per heavy atom. The van der Waals surface area contributed by atoms with Gasteiger partial charge in [-0.05, 0) is 33.4 Å². The lowest BCUT2D eigenvalue weighted by molar-refractivity contribution is -0.135. The average molecular weight is 719 g/mol. The monoisotopic (exact) mass is 718 g/mol. The Labute approximate surface area is 308 Å². The number of imidazole rings is 1. The molecule has 0 spiro atoms. The van der Waals surface area contributed by atoms with Gasteiger partial charge in [0.25, 0.3) is 5.91 Å². The van der Waals surface area contributed by atoms with Gasteiger partial charge in [-0.2, -0.15) is 0 Å². The smallest absolute Gasteiger partial charge is 0.408 e. The zero-order chi connectivity index (χ0) is 37.6. The lowest BCUT2D eigenvalue weighted by Gasteiger charge is -2.30. The van der Waals surface area contributed by atoms with Crippen LogP contribution in [0, 0.1) is 5.92 Å². The number of aliphatic hydroxyl groups is 1. The third kappa shape index (κ3) is 11.0. The number of rotatable bonds is 17. The SMILES string of the molecule is CCC(C)[C@H](NC(=O)[C@H](Cc1c[nH]cn1)NC(=O)[C@H](Cc1cccc2ccccc12)NC(=O)OCc1ccccc1)[C@H](O)C(=O)NCc1ccccc1. The van der Waals surface area contributed by atoms with Gasteiger partial charge in [-0.15, -0.1) is 0 Å². The molecule has 12 heteroatoms. The third-order valence-electron chi connectivity index (χ3n) is 9.21. The second-order valence-corrected chi connectivity index (χ2v) is 13.0. The van der Waals surface area contributed by atoms with Crippen LogP contribution in [0.25, 0.3) is 10.8 Å². The summed E-state index contributed by atoms with van der Waals surface area (Å²) in [6.45, 7) is 3.92. The highest BCUT2D eigenvalue weighted by molar-refractivity contribution is 5.93. The number of carbonyl (C=O) groups is 4. The van der Waals surface area contributed by atoms with Crippen molar-refractivity contribution in [3.63, 3.8) is 0 Å². The number of benzene rings is 4. The molecule has 6 N–H and O–H groups in total. The number of ether oxygens (including phenoxy) is 1. The Hall–Kier alpha value is -6.01. The van der Waals surface area contributed by atoms with Crippen molar-refractivity contribution in [1.82, 2.24) is 31.2 Å². The maximum Gasteiger partial charge on any atom is 0.408 e. The molecule has 0 bridgehead atoms. The first-order valence-corrected chi connectivity index (χ1v) is 17.7. The van der Waals surface area contributed by atoms with Crippen molar-refractivity contribution < 1.29 is 29.0 Å². The highest BCUT2D eigenvalue weighted by atomic mass is 16.5. The zero-order valence-corrected chi connectivity index (χ0v) is 29.8. The molecule has 0 radical (unpaired) electrons. The molecule has 0 aliphatic rings. The van der Waals surface area contributed by atoms with E-state index in [1.807, 2.05) is 117 Å². The zero-order valence-electron chi connectivity index (χ0n) is 29.8. The van der Waals surface area contributed by atoms with Crippen LogP contribution >= 0.6 is 0 Å². The van der Waals surface area contributed by atoms with Gasteiger partial charge in [-0.3, -0.25) is 14.4 Å². The van der Waals surface area contributed by atoms with Crippen molar-refractivity contribution in [2.45, 2.75) is 70.5 Å². The molecule has 0 aliphatic heterocycles. The predicted octanol–water partition coefficient (Wildman–Crippen LogP) is 4.34. The van der Waals surface area contributed by atoms with E-state index in [1.165, 1.54) is 6.33 Å². The molecule has 4 amide bonds. The number of nitrogens with one attached hydrogen (secondary N) is 5. The first-order chi connectivity index (χ1) is 25.7. The maximum atomic E-state index is 14.2. The highest BCUT2D eigenvalue weighted by Crippen LogP contribution is 2.20. The van der Waals surface area contributed by atoms with E-state index in [1.54, 1.807) is 6.20 Å². The molecular weight excluding hydrogens is 672 g/mol. The fraction of sp³-hybridized carbons (Fsp3) is 0.293. The number of carbonyl (C=O) groups excluding carboxylic acids is 4. The molecule has 4 aromatic carbocycles. The number of aromatic nitrogens is 2. The van der Waals surface area contributed by atoms with Gasteiger partial charge in [0.05, 0.1) is 18.1 Å². The number of aromatic amines is 1. The van der Waals surface area contributed by atoms with Crippen LogP contribution in [-0.4, -0.2) is 63.1 Å². The van der Waals surface area contributed by atoms with Gasteiger partial charge in [-0.1, -0.05) is 123 Å². The summed E-state index contributed by atoms with van der Waals surface area (Å²) in [6.07, 6.45) is 1.33. The van der Waals surface area contributed by atoms with Crippen LogP contribution < -0.4 is 21.3 Å². The summed E-state index contributed by atoms with van der Waals surface area (Å²) in [4.78, 5) is 61.6. The van der Waals surface area contributed by atoms with E-state index in [4.69, 9.17) is 4.74 Å². The number of hydrogen-bond donors (Lipinski definition) is 6. The summed E-state index contributed by atoms with van der Waals surface area (Å²) in [7, 11) is 0. The van der Waals surface area contributed by atoms with E-state index in [0.717, 1.165) is 27.5 Å². The number of nitrogens with zero attached hydrogens (tertiary/aromatic N) is 1. The standard InChI is InChI=1S/C41H46N6O6/c1-3-27(2)36(37(48)40(51)43-23-28-13-6-4-7-14-28)47-39(50)35(22-32-24-42-26-44-32)45-38(49)34(46-41(52)53-25-29-15-8-5-9-16-29)21-31-19-12-18-30-17-10-11-20-33(30)31/h4-20,24,26-27,34-37,48H,3,21-23,25H2,1-2H3,(H,42,44)(H,43,51)(H,45,49)(H,46,52)(H,47,50)/t27?,34-,35-,36-,37-/m0/s1. The lowest BCUT2D eigenvalue weighted by atomic mass is 9.93. The van der Waals surface area contributed by atoms with Gasteiger partial charge < -0.3 is 36.1 Å². The van der Waals surface area contributed by atoms with E-state index in [-0.39, 0.29) is 31.9 Å². The molecule has 12 nitrogen and oxygen atoms in total. The quantitative estimate of drug-likeness (QED) is 0.0830. The lowest BCUT2D eigenvalue weighted by Crippen LogP contribution is -2.59. The Balaban J connectivity index is 1.35. The largest absolute Gasteiger partial charge is 0.445 e. The van der Waals surface area contributed by atoms with Crippen LogP contribution in [0.3, 0.4) is 0 Å². The first kappa shape index (κ1) is 38.2. The van der Waals surface area contributed by atoms with Crippen LogP contribution in [0.1, 0.15) is 42.7 Å². The van der Waals surface area contributed by atoms with Gasteiger partial charge in [-0.25, -0.2) is 9.78 Å². The maximum absolute atomic E-state index is 14.2. The number of aliphatic hydroxyl groups excluding tert-OH is 1. The Bertz CT molecular complexity index is 1930. The Kier molecular flexibility index (Phi) is 13.7. The number of hydrogen-bond acceptors (Lipinski definition) is 7. The number of alkyl carbamates (subject to hydrolysis) is 1. The number of H-pyrrole nitrogens is 1. The summed E-state index contributed by atoms with van der Waals surface area (Å²) in [6, 6.07) is 28.6. The topological polar surface area (TPSA) is 175 Å². The molecular formula is C41H46N6O6. The fourth-order valence-electron chi connectivity index (χ4n) is 6.00. The summed E-state index contributed by atoms with van der Waals surface area (Å²) < 4.78 is 5.47. The Morgan fingerprint density at radius 3 is 2.09 bits per heavy atom. The molecule has 276 valence electrons. The minimum absolute atomic E-state index is 0.00226. The van der Waals surface area contributed by atoms with Gasteiger partial charge in [0.15, 0.2) is 6.10 Å². The van der Waals surface area contributed by atoms with E-state index in [0.29, 0.717) is 12.1 Å². The molecule has 0 saturated carbocycles. The van der Waals surface area contributed by atoms with Crippen LogP contribution in [0.15, 0.2) is 116 Å². The molecule has 1 unspecified atom stereocenters. The van der Waals surface area contributed by atoms with Crippen molar-refractivity contribution in [1.29, 1.82) is 0 Å². The molecule has 0 fully saturated rings. The number of amides is 4. The fourth-order valence-corrected chi connectivity index (χ4v) is 6.00. The van der Waals surface area contributed by atoms with Crippen molar-refractivity contribution in [3.8, 4) is 0 Å². The molecule has 1 aromatic heterocycles. The average Bonchev–Trinajstić information content (AvgIpc) is 3.71. The van der Waals surface area contributed by atoms with Gasteiger partial charge in [0.2, 0.25) is 11.8 Å². The van der Waals surface area contributed by atoms with Crippen molar-refractivity contribution in [2.24, 2.45) is 5.92 Å². The van der Waals surface area contributed by atoms with Gasteiger partial charge in [0.1, 0.15) is 18.7 Å². The van der Waals surface area contributed by atoms with Gasteiger partial charge >= 0.3 is 6.09 Å². The summed E-state index contributed by atoms with van der Waals surface area (Å²) in [5.74, 6) is -2.21. The van der Waals surface area contributed by atoms with E-state index >= 15 is 0 Å². The first-order valence-electron chi connectivity index (χ1n) is 17.7. The molecule has 0 saturated heterocycles. The molecule has 5 aromatic rings. The molecule has 0 aliphatic carbocycles. The van der Waals surface area contributed by atoms with Gasteiger partial charge in [0, 0.05) is 25.6 Å². The second-order valence-electron chi connectivity index (χ2n) is 13.0. The molecule has 53 heavy (non-hydrogen) atoms. The van der Waals surface area contributed by atoms with E-state index < -0.39 is 48.0 Å². The van der Waals surface area contributed by atoms with Crippen molar-refractivity contribution >= 4 is 34.6 Å². The minimum atomic E-state index is -1.57. The van der Waals surface area contributed by atoms with Crippen molar-refractivity contribution in [3.05, 3.63) is 138 Å². The van der Waals surface area contributed by atoms with Crippen LogP contribution in [0.4, 0.5) is 4.79 Å². The summed E-state index contributed by atoms with van der Waals surface area (Å²) >= 11 is 0. The van der Waals surface area contributed by atoms with Crippen LogP contribution in [-0.2, 0) is 45.1 Å². The highest BCUT2D eigenvalue weighted by Gasteiger charge is 2.35. The second kappa shape index (κ2) is 19.0. The van der Waals surface area contributed by atoms with Crippen molar-refractivity contribution in [2.75, 3.05) is 0 Å². The molecule has 1 heterocycles. The molecule has 5 rings (SSSR count). The summed E-state index contributed by atoms with van der Waals surface area (Å²) in [5, 5.41) is 24.2. The predicted molar refractivity (Wildman–Crippen MR) is 201 cm³/mol. The molecule has 5 atom stereocenters. The minimum Gasteiger partial charge on any atom is -0.445 e. The van der Waals surface area contributed by atoms with Crippen LogP contribution in [0.2, 0.25) is 0 Å².